The molecule has 0 saturated carbocycles. The van der Waals surface area contributed by atoms with Crippen LogP contribution in [-0.2, 0) is 0 Å². The van der Waals surface area contributed by atoms with Crippen LogP contribution < -0.4 is 10.5 Å². The van der Waals surface area contributed by atoms with E-state index in [1.807, 2.05) is 6.07 Å². The van der Waals surface area contributed by atoms with Crippen molar-refractivity contribution >= 4 is 5.69 Å². The highest BCUT2D eigenvalue weighted by Gasteiger charge is 2.14. The van der Waals surface area contributed by atoms with Gasteiger partial charge in [-0.2, -0.15) is 0 Å². The minimum Gasteiger partial charge on any atom is -0.497 e. The molecule has 2 rings (SSSR count). The number of aromatic nitrogens is 1. The lowest BCUT2D eigenvalue weighted by atomic mass is 10.0. The number of ether oxygens (including phenoxy) is 1. The standard InChI is InChI=1S/C13H14N2O2/c1-17-9-5-6-10(11(14)8-9)13(16)12-4-2-3-7-15-12/h2-8,13,16H,14H2,1H3. The Balaban J connectivity index is 2.34. The predicted molar refractivity (Wildman–Crippen MR) is 65.7 cm³/mol. The van der Waals surface area contributed by atoms with Crippen LogP contribution in [0.25, 0.3) is 0 Å². The van der Waals surface area contributed by atoms with E-state index in [1.165, 1.54) is 0 Å². The number of hydrogen-bond acceptors (Lipinski definition) is 4. The summed E-state index contributed by atoms with van der Waals surface area (Å²) >= 11 is 0. The largest absolute Gasteiger partial charge is 0.497 e. The van der Waals surface area contributed by atoms with Gasteiger partial charge in [0, 0.05) is 23.5 Å². The van der Waals surface area contributed by atoms with Crippen molar-refractivity contribution in [3.63, 3.8) is 0 Å². The first-order valence-electron chi connectivity index (χ1n) is 5.25. The number of nitrogens with zero attached hydrogens (tertiary/aromatic N) is 1. The van der Waals surface area contributed by atoms with E-state index in [0.717, 1.165) is 0 Å². The van der Waals surface area contributed by atoms with E-state index in [4.69, 9.17) is 10.5 Å². The van der Waals surface area contributed by atoms with Crippen LogP contribution in [0.3, 0.4) is 0 Å². The molecular weight excluding hydrogens is 216 g/mol. The zero-order valence-electron chi connectivity index (χ0n) is 9.50. The van der Waals surface area contributed by atoms with Gasteiger partial charge in [-0.05, 0) is 18.2 Å². The average Bonchev–Trinajstić information content (AvgIpc) is 2.39. The molecule has 0 bridgehead atoms. The van der Waals surface area contributed by atoms with Gasteiger partial charge >= 0.3 is 0 Å². The molecule has 0 spiro atoms. The Morgan fingerprint density at radius 2 is 2.12 bits per heavy atom. The van der Waals surface area contributed by atoms with Crippen LogP contribution in [0.1, 0.15) is 17.4 Å². The van der Waals surface area contributed by atoms with Gasteiger partial charge in [-0.25, -0.2) is 0 Å². The van der Waals surface area contributed by atoms with E-state index in [-0.39, 0.29) is 0 Å². The van der Waals surface area contributed by atoms with Gasteiger partial charge in [-0.15, -0.1) is 0 Å². The molecule has 0 aliphatic rings. The third kappa shape index (κ3) is 2.37. The van der Waals surface area contributed by atoms with Crippen molar-refractivity contribution in [1.29, 1.82) is 0 Å². The lowest BCUT2D eigenvalue weighted by Crippen LogP contribution is -2.05. The summed E-state index contributed by atoms with van der Waals surface area (Å²) in [5, 5.41) is 10.2. The van der Waals surface area contributed by atoms with Crippen molar-refractivity contribution in [3.8, 4) is 5.75 Å². The normalized spacial score (nSPS) is 12.1. The fraction of sp³-hybridized carbons (Fsp3) is 0.154. The Labute approximate surface area is 99.7 Å². The van der Waals surface area contributed by atoms with Crippen LogP contribution in [0.15, 0.2) is 42.6 Å². The third-order valence-electron chi connectivity index (χ3n) is 2.56. The summed E-state index contributed by atoms with van der Waals surface area (Å²) in [6.07, 6.45) is 0.820. The van der Waals surface area contributed by atoms with E-state index in [0.29, 0.717) is 22.7 Å². The molecule has 4 heteroatoms. The summed E-state index contributed by atoms with van der Waals surface area (Å²) in [6.45, 7) is 0. The smallest absolute Gasteiger partial charge is 0.123 e. The minimum absolute atomic E-state index is 0.488. The molecule has 2 aromatic rings. The van der Waals surface area contributed by atoms with Crippen LogP contribution in [0.5, 0.6) is 5.75 Å². The molecule has 0 radical (unpaired) electrons. The van der Waals surface area contributed by atoms with E-state index >= 15 is 0 Å². The van der Waals surface area contributed by atoms with Crippen LogP contribution in [0.2, 0.25) is 0 Å². The molecule has 1 atom stereocenters. The number of nitrogens with two attached hydrogens (primary N) is 1. The summed E-state index contributed by atoms with van der Waals surface area (Å²) in [4.78, 5) is 4.10. The van der Waals surface area contributed by atoms with Crippen molar-refractivity contribution in [1.82, 2.24) is 4.98 Å². The molecule has 0 aliphatic heterocycles. The van der Waals surface area contributed by atoms with Gasteiger partial charge in [-0.1, -0.05) is 12.1 Å². The molecular formula is C13H14N2O2. The lowest BCUT2D eigenvalue weighted by molar-refractivity contribution is 0.216. The summed E-state index contributed by atoms with van der Waals surface area (Å²) in [7, 11) is 1.57. The summed E-state index contributed by atoms with van der Waals surface area (Å²) in [5.74, 6) is 0.666. The third-order valence-corrected chi connectivity index (χ3v) is 2.56. The fourth-order valence-electron chi connectivity index (χ4n) is 1.63. The second-order valence-electron chi connectivity index (χ2n) is 3.65. The first kappa shape index (κ1) is 11.4. The molecule has 4 nitrogen and oxygen atoms in total. The van der Waals surface area contributed by atoms with Gasteiger partial charge < -0.3 is 15.6 Å². The highest BCUT2D eigenvalue weighted by molar-refractivity contribution is 5.53. The first-order valence-corrected chi connectivity index (χ1v) is 5.25. The quantitative estimate of drug-likeness (QED) is 0.788. The highest BCUT2D eigenvalue weighted by Crippen LogP contribution is 2.28. The van der Waals surface area contributed by atoms with Crippen molar-refractivity contribution in [2.75, 3.05) is 12.8 Å². The Morgan fingerprint density at radius 1 is 1.29 bits per heavy atom. The highest BCUT2D eigenvalue weighted by atomic mass is 16.5. The van der Waals surface area contributed by atoms with Crippen LogP contribution in [-0.4, -0.2) is 17.2 Å². The lowest BCUT2D eigenvalue weighted by Gasteiger charge is -2.13. The molecule has 88 valence electrons. The van der Waals surface area contributed by atoms with Crippen molar-refractivity contribution < 1.29 is 9.84 Å². The van der Waals surface area contributed by atoms with Gasteiger partial charge in [0.05, 0.1) is 12.8 Å². The first-order chi connectivity index (χ1) is 8.22. The number of aliphatic hydroxyl groups excluding tert-OH is 1. The summed E-state index contributed by atoms with van der Waals surface area (Å²) in [6, 6.07) is 10.6. The Hall–Kier alpha value is -2.07. The van der Waals surface area contributed by atoms with Gasteiger partial charge in [0.2, 0.25) is 0 Å². The van der Waals surface area contributed by atoms with Crippen LogP contribution in [0, 0.1) is 0 Å². The molecule has 1 heterocycles. The number of benzene rings is 1. The van der Waals surface area contributed by atoms with Crippen LogP contribution >= 0.6 is 0 Å². The Bertz CT molecular complexity index is 500. The maximum Gasteiger partial charge on any atom is 0.123 e. The van der Waals surface area contributed by atoms with Crippen molar-refractivity contribution in [2.45, 2.75) is 6.10 Å². The summed E-state index contributed by atoms with van der Waals surface area (Å²) in [5.41, 5.74) is 7.56. The molecule has 0 aliphatic carbocycles. The van der Waals surface area contributed by atoms with Gasteiger partial charge in [0.1, 0.15) is 11.9 Å². The number of aliphatic hydroxyl groups is 1. The maximum absolute atomic E-state index is 10.2. The topological polar surface area (TPSA) is 68.4 Å². The zero-order chi connectivity index (χ0) is 12.3. The van der Waals surface area contributed by atoms with Gasteiger partial charge in [0.25, 0.3) is 0 Å². The van der Waals surface area contributed by atoms with E-state index in [2.05, 4.69) is 4.98 Å². The predicted octanol–water partition coefficient (Wildman–Crippen LogP) is 1.75. The molecule has 3 N–H and O–H groups in total. The van der Waals surface area contributed by atoms with E-state index in [9.17, 15) is 5.11 Å². The SMILES string of the molecule is COc1ccc(C(O)c2ccccn2)c(N)c1. The second kappa shape index (κ2) is 4.84. The fourth-order valence-corrected chi connectivity index (χ4v) is 1.63. The number of hydrogen-bond donors (Lipinski definition) is 2. The molecule has 1 aromatic carbocycles. The van der Waals surface area contributed by atoms with Gasteiger partial charge in [-0.3, -0.25) is 4.98 Å². The Morgan fingerprint density at radius 3 is 2.71 bits per heavy atom. The molecule has 0 saturated heterocycles. The minimum atomic E-state index is -0.817. The molecule has 17 heavy (non-hydrogen) atoms. The van der Waals surface area contributed by atoms with Crippen molar-refractivity contribution in [2.24, 2.45) is 0 Å². The molecule has 0 amide bonds. The Kier molecular flexibility index (Phi) is 3.25. The number of pyridine rings is 1. The maximum atomic E-state index is 10.2. The second-order valence-corrected chi connectivity index (χ2v) is 3.65. The number of methoxy groups -OCH3 is 1. The van der Waals surface area contributed by atoms with Crippen molar-refractivity contribution in [3.05, 3.63) is 53.9 Å². The average molecular weight is 230 g/mol. The summed E-state index contributed by atoms with van der Waals surface area (Å²) < 4.78 is 5.06. The molecule has 1 aromatic heterocycles. The van der Waals surface area contributed by atoms with Gasteiger partial charge in [0.15, 0.2) is 0 Å². The number of anilines is 1. The number of rotatable bonds is 3. The molecule has 1 unspecified atom stereocenters. The zero-order valence-corrected chi connectivity index (χ0v) is 9.50. The monoisotopic (exact) mass is 230 g/mol. The van der Waals surface area contributed by atoms with E-state index in [1.54, 1.807) is 43.6 Å². The molecule has 0 fully saturated rings. The number of nitrogen functional groups attached to an aromatic ring is 1. The van der Waals surface area contributed by atoms with E-state index < -0.39 is 6.10 Å². The van der Waals surface area contributed by atoms with Crippen LogP contribution in [0.4, 0.5) is 5.69 Å².